The van der Waals surface area contributed by atoms with Gasteiger partial charge in [0.05, 0.1) is 6.21 Å². The van der Waals surface area contributed by atoms with E-state index in [1.807, 2.05) is 31.2 Å². The van der Waals surface area contributed by atoms with E-state index in [4.69, 9.17) is 16.3 Å². The number of amides is 3. The summed E-state index contributed by atoms with van der Waals surface area (Å²) in [6.07, 6.45) is 2.92. The summed E-state index contributed by atoms with van der Waals surface area (Å²) in [5.41, 5.74) is 4.42. The second-order valence-electron chi connectivity index (χ2n) is 6.52. The van der Waals surface area contributed by atoms with E-state index in [0.717, 1.165) is 6.42 Å². The number of aryl methyl sites for hydroxylation is 1. The molecule has 9 heteroatoms. The van der Waals surface area contributed by atoms with Crippen molar-refractivity contribution < 1.29 is 19.1 Å². The van der Waals surface area contributed by atoms with Crippen LogP contribution in [0.1, 0.15) is 31.4 Å². The van der Waals surface area contributed by atoms with E-state index in [1.165, 1.54) is 11.8 Å². The number of carbonyl (C=O) groups excluding carboxylic acids is 3. The first-order chi connectivity index (χ1) is 14.9. The molecule has 2 rings (SSSR count). The molecule has 0 bridgehead atoms. The van der Waals surface area contributed by atoms with Gasteiger partial charge in [-0.05, 0) is 48.7 Å². The molecule has 0 fully saturated rings. The van der Waals surface area contributed by atoms with Gasteiger partial charge in [0.25, 0.3) is 5.91 Å². The Balaban J connectivity index is 1.94. The van der Waals surface area contributed by atoms with Gasteiger partial charge in [0, 0.05) is 22.8 Å². The standard InChI is InChI=1S/C22H25ClN4O4/c1-3-11-24-21(29)22(30)27-25-13-16-12-17(23)7-10-19(16)31-14-20(28)26-18-8-5-15(4-2)6-9-18/h5-10,12-13H,3-4,11,14H2,1-2H3,(H,24,29)(H,26,28)(H,27,30)/b25-13-. The van der Waals surface area contributed by atoms with Crippen LogP contribution < -0.4 is 20.8 Å². The molecule has 2 aromatic rings. The summed E-state index contributed by atoms with van der Waals surface area (Å²) in [6.45, 7) is 4.09. The van der Waals surface area contributed by atoms with Crippen LogP contribution in [0.3, 0.4) is 0 Å². The Kier molecular flexibility index (Phi) is 9.51. The Hall–Kier alpha value is -3.39. The van der Waals surface area contributed by atoms with Crippen LogP contribution in [0.15, 0.2) is 47.6 Å². The maximum atomic E-state index is 12.2. The predicted octanol–water partition coefficient (Wildman–Crippen LogP) is 2.90. The van der Waals surface area contributed by atoms with Crippen molar-refractivity contribution in [2.24, 2.45) is 5.10 Å². The number of hydrogen-bond donors (Lipinski definition) is 3. The second-order valence-corrected chi connectivity index (χ2v) is 6.96. The molecule has 164 valence electrons. The van der Waals surface area contributed by atoms with E-state index in [2.05, 4.69) is 28.1 Å². The second kappa shape index (κ2) is 12.3. The van der Waals surface area contributed by atoms with Crippen LogP contribution in [-0.4, -0.2) is 37.1 Å². The van der Waals surface area contributed by atoms with Crippen molar-refractivity contribution in [1.29, 1.82) is 0 Å². The highest BCUT2D eigenvalue weighted by molar-refractivity contribution is 6.35. The fourth-order valence-electron chi connectivity index (χ4n) is 2.45. The highest BCUT2D eigenvalue weighted by Gasteiger charge is 2.11. The minimum absolute atomic E-state index is 0.232. The maximum Gasteiger partial charge on any atom is 0.329 e. The monoisotopic (exact) mass is 444 g/mol. The summed E-state index contributed by atoms with van der Waals surface area (Å²) < 4.78 is 5.58. The largest absolute Gasteiger partial charge is 0.483 e. The van der Waals surface area contributed by atoms with Gasteiger partial charge < -0.3 is 15.4 Å². The average molecular weight is 445 g/mol. The molecule has 31 heavy (non-hydrogen) atoms. The number of anilines is 1. The lowest BCUT2D eigenvalue weighted by Gasteiger charge is -2.10. The lowest BCUT2D eigenvalue weighted by atomic mass is 10.1. The van der Waals surface area contributed by atoms with Crippen LogP contribution in [0.5, 0.6) is 5.75 Å². The van der Waals surface area contributed by atoms with Crippen LogP contribution in [0.4, 0.5) is 5.69 Å². The molecule has 0 aliphatic heterocycles. The van der Waals surface area contributed by atoms with Crippen molar-refractivity contribution in [1.82, 2.24) is 10.7 Å². The van der Waals surface area contributed by atoms with Crippen molar-refractivity contribution in [2.45, 2.75) is 26.7 Å². The van der Waals surface area contributed by atoms with Crippen LogP contribution in [0.25, 0.3) is 0 Å². The molecule has 0 atom stereocenters. The third-order valence-electron chi connectivity index (χ3n) is 4.09. The molecule has 0 spiro atoms. The van der Waals surface area contributed by atoms with Gasteiger partial charge in [-0.25, -0.2) is 5.43 Å². The Morgan fingerprint density at radius 1 is 1.06 bits per heavy atom. The number of hydrazone groups is 1. The quantitative estimate of drug-likeness (QED) is 0.314. The van der Waals surface area contributed by atoms with Gasteiger partial charge in [0.15, 0.2) is 6.61 Å². The van der Waals surface area contributed by atoms with E-state index in [-0.39, 0.29) is 12.5 Å². The zero-order valence-corrected chi connectivity index (χ0v) is 18.2. The predicted molar refractivity (Wildman–Crippen MR) is 120 cm³/mol. The van der Waals surface area contributed by atoms with E-state index in [9.17, 15) is 14.4 Å². The fraction of sp³-hybridized carbons (Fsp3) is 0.273. The van der Waals surface area contributed by atoms with Crippen molar-refractivity contribution in [3.05, 3.63) is 58.6 Å². The molecular weight excluding hydrogens is 420 g/mol. The van der Waals surface area contributed by atoms with E-state index in [1.54, 1.807) is 18.2 Å². The maximum absolute atomic E-state index is 12.2. The zero-order valence-electron chi connectivity index (χ0n) is 17.4. The minimum Gasteiger partial charge on any atom is -0.483 e. The normalized spacial score (nSPS) is 10.5. The molecule has 0 unspecified atom stereocenters. The number of rotatable bonds is 9. The number of nitrogens with one attached hydrogen (secondary N) is 3. The molecule has 0 aliphatic rings. The number of hydrogen-bond acceptors (Lipinski definition) is 5. The Morgan fingerprint density at radius 3 is 2.48 bits per heavy atom. The molecule has 3 amide bonds. The van der Waals surface area contributed by atoms with E-state index >= 15 is 0 Å². The van der Waals surface area contributed by atoms with Crippen LogP contribution in [0, 0.1) is 0 Å². The molecule has 0 aromatic heterocycles. The zero-order chi connectivity index (χ0) is 22.6. The first kappa shape index (κ1) is 23.9. The minimum atomic E-state index is -0.886. The molecule has 0 heterocycles. The fourth-order valence-corrected chi connectivity index (χ4v) is 2.63. The summed E-state index contributed by atoms with van der Waals surface area (Å²) in [5, 5.41) is 9.38. The van der Waals surface area contributed by atoms with Crippen molar-refractivity contribution in [3.8, 4) is 5.75 Å². The molecule has 0 aliphatic carbocycles. The highest BCUT2D eigenvalue weighted by atomic mass is 35.5. The van der Waals surface area contributed by atoms with Crippen LogP contribution in [-0.2, 0) is 20.8 Å². The van der Waals surface area contributed by atoms with Gasteiger partial charge in [0.1, 0.15) is 5.75 Å². The summed E-state index contributed by atoms with van der Waals surface area (Å²) in [5.74, 6) is -1.65. The molecule has 0 radical (unpaired) electrons. The van der Waals surface area contributed by atoms with Gasteiger partial charge >= 0.3 is 11.8 Å². The van der Waals surface area contributed by atoms with Gasteiger partial charge in [0.2, 0.25) is 0 Å². The third-order valence-corrected chi connectivity index (χ3v) is 4.32. The SMILES string of the molecule is CCCNC(=O)C(=O)N/N=C\c1cc(Cl)ccc1OCC(=O)Nc1ccc(CC)cc1. The van der Waals surface area contributed by atoms with Gasteiger partial charge in [-0.15, -0.1) is 0 Å². The van der Waals surface area contributed by atoms with Crippen LogP contribution in [0.2, 0.25) is 5.02 Å². The first-order valence-corrected chi connectivity index (χ1v) is 10.2. The number of benzene rings is 2. The molecule has 3 N–H and O–H groups in total. The molecular formula is C22H25ClN4O4. The lowest BCUT2D eigenvalue weighted by Crippen LogP contribution is -2.38. The average Bonchev–Trinajstić information content (AvgIpc) is 2.77. The van der Waals surface area contributed by atoms with E-state index < -0.39 is 11.8 Å². The summed E-state index contributed by atoms with van der Waals surface area (Å²) in [6, 6.07) is 12.3. The van der Waals surface area contributed by atoms with Crippen molar-refractivity contribution in [3.63, 3.8) is 0 Å². The van der Waals surface area contributed by atoms with Crippen LogP contribution >= 0.6 is 11.6 Å². The molecule has 8 nitrogen and oxygen atoms in total. The topological polar surface area (TPSA) is 109 Å². The molecule has 0 saturated carbocycles. The number of halogens is 1. The van der Waals surface area contributed by atoms with Crippen molar-refractivity contribution in [2.75, 3.05) is 18.5 Å². The lowest BCUT2D eigenvalue weighted by molar-refractivity contribution is -0.139. The third kappa shape index (κ3) is 8.10. The number of nitrogens with zero attached hydrogens (tertiary/aromatic N) is 1. The highest BCUT2D eigenvalue weighted by Crippen LogP contribution is 2.21. The van der Waals surface area contributed by atoms with Gasteiger partial charge in [-0.1, -0.05) is 37.6 Å². The van der Waals surface area contributed by atoms with Gasteiger partial charge in [-0.3, -0.25) is 14.4 Å². The molecule has 2 aromatic carbocycles. The van der Waals surface area contributed by atoms with E-state index in [0.29, 0.717) is 35.0 Å². The number of ether oxygens (including phenoxy) is 1. The summed E-state index contributed by atoms with van der Waals surface area (Å²) >= 11 is 6.01. The first-order valence-electron chi connectivity index (χ1n) is 9.85. The smallest absolute Gasteiger partial charge is 0.329 e. The summed E-state index contributed by atoms with van der Waals surface area (Å²) in [4.78, 5) is 35.4. The molecule has 0 saturated heterocycles. The summed E-state index contributed by atoms with van der Waals surface area (Å²) in [7, 11) is 0. The Bertz CT molecular complexity index is 945. The van der Waals surface area contributed by atoms with Crippen molar-refractivity contribution >= 4 is 41.2 Å². The Labute approximate surface area is 186 Å². The Morgan fingerprint density at radius 2 is 1.81 bits per heavy atom. The van der Waals surface area contributed by atoms with Gasteiger partial charge in [-0.2, -0.15) is 5.10 Å². The number of carbonyl (C=O) groups is 3.